The summed E-state index contributed by atoms with van der Waals surface area (Å²) >= 11 is 0. The number of anilines is 1. The minimum Gasteiger partial charge on any atom is -0.393 e. The fourth-order valence-corrected chi connectivity index (χ4v) is 2.23. The highest BCUT2D eigenvalue weighted by Gasteiger charge is 2.21. The molecule has 90 valence electrons. The van der Waals surface area contributed by atoms with E-state index < -0.39 is 0 Å². The number of fused-ring (bicyclic) bond motifs is 1. The quantitative estimate of drug-likeness (QED) is 0.772. The van der Waals surface area contributed by atoms with Crippen molar-refractivity contribution in [1.29, 1.82) is 0 Å². The van der Waals surface area contributed by atoms with Crippen molar-refractivity contribution in [3.8, 4) is 0 Å². The summed E-state index contributed by atoms with van der Waals surface area (Å²) in [6, 6.07) is 0. The number of hydrogen-bond acceptors (Lipinski definition) is 5. The molecule has 2 aromatic rings. The second kappa shape index (κ2) is 3.96. The first-order chi connectivity index (χ1) is 8.25. The van der Waals surface area contributed by atoms with Gasteiger partial charge in [0.05, 0.1) is 6.10 Å². The van der Waals surface area contributed by atoms with Gasteiger partial charge in [0.1, 0.15) is 5.82 Å². The predicted molar refractivity (Wildman–Crippen MR) is 63.0 cm³/mol. The van der Waals surface area contributed by atoms with Gasteiger partial charge >= 0.3 is 0 Å². The van der Waals surface area contributed by atoms with Gasteiger partial charge in [-0.1, -0.05) is 0 Å². The van der Waals surface area contributed by atoms with Gasteiger partial charge in [-0.05, 0) is 19.8 Å². The van der Waals surface area contributed by atoms with Crippen molar-refractivity contribution >= 4 is 11.5 Å². The van der Waals surface area contributed by atoms with E-state index in [9.17, 15) is 5.11 Å². The van der Waals surface area contributed by atoms with Crippen LogP contribution < -0.4 is 4.90 Å². The lowest BCUT2D eigenvalue weighted by atomic mass is 10.1. The van der Waals surface area contributed by atoms with E-state index in [0.717, 1.165) is 43.2 Å². The van der Waals surface area contributed by atoms with E-state index in [1.807, 2.05) is 17.5 Å². The molecule has 3 rings (SSSR count). The minimum absolute atomic E-state index is 0.175. The molecule has 6 heteroatoms. The number of aryl methyl sites for hydroxylation is 1. The summed E-state index contributed by atoms with van der Waals surface area (Å²) < 4.78 is 1.94. The molecule has 0 spiro atoms. The third-order valence-electron chi connectivity index (χ3n) is 3.24. The van der Waals surface area contributed by atoms with Gasteiger partial charge in [-0.15, -0.1) is 10.2 Å². The molecule has 1 N–H and O–H groups in total. The largest absolute Gasteiger partial charge is 0.393 e. The van der Waals surface area contributed by atoms with E-state index >= 15 is 0 Å². The number of aromatic nitrogens is 4. The Morgan fingerprint density at radius 1 is 1.29 bits per heavy atom. The zero-order valence-corrected chi connectivity index (χ0v) is 9.74. The molecule has 6 nitrogen and oxygen atoms in total. The van der Waals surface area contributed by atoms with Gasteiger partial charge in [-0.25, -0.2) is 4.98 Å². The Labute approximate surface area is 98.9 Å². The van der Waals surface area contributed by atoms with E-state index in [-0.39, 0.29) is 6.10 Å². The van der Waals surface area contributed by atoms with Crippen molar-refractivity contribution in [1.82, 2.24) is 19.6 Å². The fraction of sp³-hybridized carbons (Fsp3) is 0.545. The van der Waals surface area contributed by atoms with E-state index in [0.29, 0.717) is 0 Å². The van der Waals surface area contributed by atoms with E-state index in [4.69, 9.17) is 0 Å². The lowest BCUT2D eigenvalue weighted by Gasteiger charge is -2.30. The van der Waals surface area contributed by atoms with Crippen molar-refractivity contribution in [2.24, 2.45) is 0 Å². The molecule has 0 amide bonds. The first-order valence-electron chi connectivity index (χ1n) is 5.85. The van der Waals surface area contributed by atoms with Crippen molar-refractivity contribution in [3.05, 3.63) is 18.2 Å². The average molecular weight is 233 g/mol. The molecule has 1 fully saturated rings. The molecule has 17 heavy (non-hydrogen) atoms. The van der Waals surface area contributed by atoms with Crippen LogP contribution in [0.25, 0.3) is 5.65 Å². The van der Waals surface area contributed by atoms with Crippen LogP contribution in [0.4, 0.5) is 5.82 Å². The molecule has 0 aliphatic carbocycles. The molecule has 1 aliphatic heterocycles. The SMILES string of the molecule is Cc1nnc2c(N3CCC(O)CC3)nccn12. The molecule has 3 heterocycles. The Morgan fingerprint density at radius 2 is 2.06 bits per heavy atom. The summed E-state index contributed by atoms with van der Waals surface area (Å²) in [5, 5.41) is 17.7. The van der Waals surface area contributed by atoms with Crippen LogP contribution in [0.3, 0.4) is 0 Å². The molecule has 0 radical (unpaired) electrons. The summed E-state index contributed by atoms with van der Waals surface area (Å²) in [7, 11) is 0. The Morgan fingerprint density at radius 3 is 2.82 bits per heavy atom. The number of aliphatic hydroxyl groups is 1. The topological polar surface area (TPSA) is 66.5 Å². The highest BCUT2D eigenvalue weighted by molar-refractivity contribution is 5.63. The molecule has 0 bridgehead atoms. The maximum atomic E-state index is 9.51. The molecular formula is C11H15N5O. The molecule has 0 saturated carbocycles. The standard InChI is InChI=1S/C11H15N5O/c1-8-13-14-11-10(12-4-7-16(8)11)15-5-2-9(17)3-6-15/h4,7,9,17H,2-3,5-6H2,1H3. The van der Waals surface area contributed by atoms with Gasteiger partial charge in [-0.3, -0.25) is 4.40 Å². The van der Waals surface area contributed by atoms with Crippen LogP contribution in [0, 0.1) is 6.92 Å². The van der Waals surface area contributed by atoms with Crippen LogP contribution in [0.5, 0.6) is 0 Å². The first kappa shape index (κ1) is 10.5. The Kier molecular flexibility index (Phi) is 2.44. The van der Waals surface area contributed by atoms with Crippen molar-refractivity contribution in [2.45, 2.75) is 25.9 Å². The van der Waals surface area contributed by atoms with Gasteiger partial charge in [0.15, 0.2) is 5.82 Å². The highest BCUT2D eigenvalue weighted by atomic mass is 16.3. The molecular weight excluding hydrogens is 218 g/mol. The van der Waals surface area contributed by atoms with Gasteiger partial charge in [0.2, 0.25) is 5.65 Å². The van der Waals surface area contributed by atoms with Crippen LogP contribution in [-0.2, 0) is 0 Å². The van der Waals surface area contributed by atoms with E-state index in [2.05, 4.69) is 20.1 Å². The molecule has 1 saturated heterocycles. The molecule has 1 aliphatic rings. The summed E-state index contributed by atoms with van der Waals surface area (Å²) in [5.41, 5.74) is 0.793. The average Bonchev–Trinajstić information content (AvgIpc) is 2.73. The zero-order valence-electron chi connectivity index (χ0n) is 9.74. The van der Waals surface area contributed by atoms with Crippen LogP contribution in [0.2, 0.25) is 0 Å². The third-order valence-corrected chi connectivity index (χ3v) is 3.24. The van der Waals surface area contributed by atoms with Crippen LogP contribution >= 0.6 is 0 Å². The third kappa shape index (κ3) is 1.74. The lowest BCUT2D eigenvalue weighted by Crippen LogP contribution is -2.36. The van der Waals surface area contributed by atoms with Gasteiger partial charge < -0.3 is 10.0 Å². The number of hydrogen-bond donors (Lipinski definition) is 1. The maximum Gasteiger partial charge on any atom is 0.203 e. The minimum atomic E-state index is -0.175. The van der Waals surface area contributed by atoms with Crippen LogP contribution in [0.1, 0.15) is 18.7 Å². The molecule has 2 aromatic heterocycles. The number of piperidine rings is 1. The van der Waals surface area contributed by atoms with E-state index in [1.165, 1.54) is 0 Å². The Balaban J connectivity index is 2.00. The molecule has 0 atom stereocenters. The zero-order chi connectivity index (χ0) is 11.8. The summed E-state index contributed by atoms with van der Waals surface area (Å²) in [6.07, 6.45) is 5.04. The fourth-order valence-electron chi connectivity index (χ4n) is 2.23. The lowest BCUT2D eigenvalue weighted by molar-refractivity contribution is 0.145. The Bertz CT molecular complexity index is 530. The van der Waals surface area contributed by atoms with Gasteiger partial charge in [0.25, 0.3) is 0 Å². The van der Waals surface area contributed by atoms with Gasteiger partial charge in [0, 0.05) is 25.5 Å². The second-order valence-corrected chi connectivity index (χ2v) is 4.41. The predicted octanol–water partition coefficient (Wildman–Crippen LogP) is 0.394. The van der Waals surface area contributed by atoms with Crippen molar-refractivity contribution in [3.63, 3.8) is 0 Å². The molecule has 0 aromatic carbocycles. The van der Waals surface area contributed by atoms with Crippen molar-refractivity contribution < 1.29 is 5.11 Å². The normalized spacial score (nSPS) is 17.9. The number of aliphatic hydroxyl groups excluding tert-OH is 1. The van der Waals surface area contributed by atoms with Gasteiger partial charge in [-0.2, -0.15) is 0 Å². The van der Waals surface area contributed by atoms with Crippen LogP contribution in [-0.4, -0.2) is 43.9 Å². The Hall–Kier alpha value is -1.69. The summed E-state index contributed by atoms with van der Waals surface area (Å²) in [5.74, 6) is 1.72. The molecule has 0 unspecified atom stereocenters. The summed E-state index contributed by atoms with van der Waals surface area (Å²) in [6.45, 7) is 3.56. The monoisotopic (exact) mass is 233 g/mol. The van der Waals surface area contributed by atoms with Crippen LogP contribution in [0.15, 0.2) is 12.4 Å². The van der Waals surface area contributed by atoms with E-state index in [1.54, 1.807) is 6.20 Å². The number of rotatable bonds is 1. The van der Waals surface area contributed by atoms with Crippen molar-refractivity contribution in [2.75, 3.05) is 18.0 Å². The smallest absolute Gasteiger partial charge is 0.203 e. The summed E-state index contributed by atoms with van der Waals surface area (Å²) in [4.78, 5) is 6.55. The first-order valence-corrected chi connectivity index (χ1v) is 5.85. The highest BCUT2D eigenvalue weighted by Crippen LogP contribution is 2.21. The number of nitrogens with zero attached hydrogens (tertiary/aromatic N) is 5. The maximum absolute atomic E-state index is 9.51. The second-order valence-electron chi connectivity index (χ2n) is 4.41.